The maximum atomic E-state index is 11.2. The van der Waals surface area contributed by atoms with Crippen LogP contribution < -0.4 is 16.8 Å². The Morgan fingerprint density at radius 3 is 2.47 bits per heavy atom. The number of carbonyl (C=O) groups is 1. The molecule has 0 saturated heterocycles. The lowest BCUT2D eigenvalue weighted by Crippen LogP contribution is -2.31. The van der Waals surface area contributed by atoms with Crippen LogP contribution in [0.1, 0.15) is 43.6 Å². The summed E-state index contributed by atoms with van der Waals surface area (Å²) in [7, 11) is 0. The third-order valence-electron chi connectivity index (χ3n) is 3.70. The molecule has 1 aromatic rings. The van der Waals surface area contributed by atoms with Crippen LogP contribution in [-0.4, -0.2) is 16.9 Å². The van der Waals surface area contributed by atoms with E-state index in [-0.39, 0.29) is 5.69 Å². The minimum absolute atomic E-state index is 0.244. The minimum Gasteiger partial charge on any atom is -0.396 e. The average Bonchev–Trinajstić information content (AvgIpc) is 2.30. The van der Waals surface area contributed by atoms with Gasteiger partial charge >= 0.3 is 0 Å². The fourth-order valence-electron chi connectivity index (χ4n) is 2.98. The Morgan fingerprint density at radius 2 is 1.89 bits per heavy atom. The fourth-order valence-corrected chi connectivity index (χ4v) is 2.98. The number of nitrogens with zero attached hydrogens (tertiary/aromatic N) is 1. The molecular formula is C14H22N4O. The number of nitrogens with one attached hydrogen (secondary N) is 1. The molecule has 1 aliphatic carbocycles. The number of nitrogens with two attached hydrogens (primary N) is 2. The Morgan fingerprint density at radius 1 is 1.26 bits per heavy atom. The van der Waals surface area contributed by atoms with Crippen molar-refractivity contribution < 1.29 is 4.79 Å². The first-order chi connectivity index (χ1) is 8.95. The van der Waals surface area contributed by atoms with Gasteiger partial charge in [-0.2, -0.15) is 0 Å². The molecule has 5 nitrogen and oxygen atoms in total. The molecule has 1 aliphatic rings. The molecule has 2 rings (SSSR count). The number of rotatable bonds is 3. The molecular weight excluding hydrogens is 240 g/mol. The Bertz CT molecular complexity index is 465. The Kier molecular flexibility index (Phi) is 3.93. The summed E-state index contributed by atoms with van der Waals surface area (Å²) in [6.07, 6.45) is 3.47. The van der Waals surface area contributed by atoms with Crippen LogP contribution in [0.25, 0.3) is 0 Å². The standard InChI is InChI=1S/C14H22N4O/c1-8-5-9(2)7-10(6-8)17-14-11(15)3-4-12(18-14)13(16)19/h3-4,8-10H,5-7,15H2,1-2H3,(H2,16,19)(H,17,18). The van der Waals surface area contributed by atoms with E-state index in [1.54, 1.807) is 12.1 Å². The van der Waals surface area contributed by atoms with E-state index in [0.29, 0.717) is 29.4 Å². The van der Waals surface area contributed by atoms with Crippen molar-refractivity contribution in [1.82, 2.24) is 4.98 Å². The predicted molar refractivity (Wildman–Crippen MR) is 76.8 cm³/mol. The third-order valence-corrected chi connectivity index (χ3v) is 3.70. The van der Waals surface area contributed by atoms with Crippen LogP contribution in [0, 0.1) is 11.8 Å². The van der Waals surface area contributed by atoms with Gasteiger partial charge in [-0.1, -0.05) is 13.8 Å². The van der Waals surface area contributed by atoms with E-state index < -0.39 is 5.91 Å². The van der Waals surface area contributed by atoms with Gasteiger partial charge < -0.3 is 16.8 Å². The highest BCUT2D eigenvalue weighted by molar-refractivity contribution is 5.91. The molecule has 0 aromatic carbocycles. The van der Waals surface area contributed by atoms with Crippen LogP contribution in [-0.2, 0) is 0 Å². The van der Waals surface area contributed by atoms with Crippen LogP contribution >= 0.6 is 0 Å². The summed E-state index contributed by atoms with van der Waals surface area (Å²) in [5.74, 6) is 1.43. The highest BCUT2D eigenvalue weighted by atomic mass is 16.1. The number of aromatic nitrogens is 1. The Balaban J connectivity index is 2.13. The number of hydrogen-bond acceptors (Lipinski definition) is 4. The molecule has 19 heavy (non-hydrogen) atoms. The zero-order chi connectivity index (χ0) is 14.0. The number of primary amides is 1. The Hall–Kier alpha value is -1.78. The summed E-state index contributed by atoms with van der Waals surface area (Å²) < 4.78 is 0. The van der Waals surface area contributed by atoms with Crippen molar-refractivity contribution in [2.45, 2.75) is 39.2 Å². The number of carbonyl (C=O) groups excluding carboxylic acids is 1. The second-order valence-corrected chi connectivity index (χ2v) is 5.76. The lowest BCUT2D eigenvalue weighted by Gasteiger charge is -2.32. The molecule has 1 amide bonds. The zero-order valence-electron chi connectivity index (χ0n) is 11.5. The quantitative estimate of drug-likeness (QED) is 0.776. The zero-order valence-corrected chi connectivity index (χ0v) is 11.5. The summed E-state index contributed by atoms with van der Waals surface area (Å²) >= 11 is 0. The largest absolute Gasteiger partial charge is 0.396 e. The number of nitrogen functional groups attached to an aromatic ring is 1. The van der Waals surface area contributed by atoms with E-state index in [0.717, 1.165) is 12.8 Å². The van der Waals surface area contributed by atoms with Crippen LogP contribution in [0.5, 0.6) is 0 Å². The molecule has 5 N–H and O–H groups in total. The second kappa shape index (κ2) is 5.47. The summed E-state index contributed by atoms with van der Waals surface area (Å²) in [5.41, 5.74) is 11.9. The first-order valence-electron chi connectivity index (χ1n) is 6.78. The number of hydrogen-bond donors (Lipinski definition) is 3. The van der Waals surface area contributed by atoms with Gasteiger partial charge in [0.2, 0.25) is 0 Å². The van der Waals surface area contributed by atoms with Crippen molar-refractivity contribution in [3.8, 4) is 0 Å². The second-order valence-electron chi connectivity index (χ2n) is 5.76. The number of amides is 1. The predicted octanol–water partition coefficient (Wildman–Crippen LogP) is 2.00. The van der Waals surface area contributed by atoms with Gasteiger partial charge in [-0.15, -0.1) is 0 Å². The molecule has 0 spiro atoms. The maximum absolute atomic E-state index is 11.2. The normalized spacial score (nSPS) is 26.9. The minimum atomic E-state index is -0.534. The molecule has 2 unspecified atom stereocenters. The smallest absolute Gasteiger partial charge is 0.267 e. The van der Waals surface area contributed by atoms with Gasteiger partial charge in [-0.05, 0) is 43.2 Å². The summed E-state index contributed by atoms with van der Waals surface area (Å²) in [4.78, 5) is 15.4. The Labute approximate surface area is 113 Å². The third kappa shape index (κ3) is 3.36. The molecule has 104 valence electrons. The number of pyridine rings is 1. The van der Waals surface area contributed by atoms with Crippen molar-refractivity contribution in [2.24, 2.45) is 17.6 Å². The average molecular weight is 262 g/mol. The fraction of sp³-hybridized carbons (Fsp3) is 0.571. The van der Waals surface area contributed by atoms with Crippen LogP contribution in [0.15, 0.2) is 12.1 Å². The highest BCUT2D eigenvalue weighted by Crippen LogP contribution is 2.31. The van der Waals surface area contributed by atoms with Gasteiger partial charge in [0.1, 0.15) is 11.5 Å². The molecule has 0 bridgehead atoms. The molecule has 1 saturated carbocycles. The van der Waals surface area contributed by atoms with Crippen molar-refractivity contribution in [1.29, 1.82) is 0 Å². The first kappa shape index (κ1) is 13.6. The van der Waals surface area contributed by atoms with Crippen molar-refractivity contribution >= 4 is 17.4 Å². The summed E-state index contributed by atoms with van der Waals surface area (Å²) in [6, 6.07) is 3.58. The van der Waals surface area contributed by atoms with E-state index in [1.807, 2.05) is 0 Å². The molecule has 2 atom stereocenters. The van der Waals surface area contributed by atoms with E-state index in [4.69, 9.17) is 11.5 Å². The van der Waals surface area contributed by atoms with Crippen molar-refractivity contribution in [3.05, 3.63) is 17.8 Å². The molecule has 0 radical (unpaired) electrons. The topological polar surface area (TPSA) is 94.0 Å². The van der Waals surface area contributed by atoms with Crippen molar-refractivity contribution in [3.63, 3.8) is 0 Å². The lowest BCUT2D eigenvalue weighted by atomic mass is 9.80. The molecule has 5 heteroatoms. The van der Waals surface area contributed by atoms with Crippen LogP contribution in [0.4, 0.5) is 11.5 Å². The van der Waals surface area contributed by atoms with Gasteiger partial charge in [0, 0.05) is 6.04 Å². The van der Waals surface area contributed by atoms with Gasteiger partial charge in [0.15, 0.2) is 0 Å². The number of anilines is 2. The highest BCUT2D eigenvalue weighted by Gasteiger charge is 2.24. The van der Waals surface area contributed by atoms with Gasteiger partial charge in [-0.25, -0.2) is 4.98 Å². The molecule has 1 aromatic heterocycles. The maximum Gasteiger partial charge on any atom is 0.267 e. The van der Waals surface area contributed by atoms with E-state index in [9.17, 15) is 4.79 Å². The van der Waals surface area contributed by atoms with Crippen LogP contribution in [0.3, 0.4) is 0 Å². The van der Waals surface area contributed by atoms with Crippen LogP contribution in [0.2, 0.25) is 0 Å². The molecule has 0 aliphatic heterocycles. The summed E-state index contributed by atoms with van der Waals surface area (Å²) in [5, 5.41) is 3.36. The van der Waals surface area contributed by atoms with Gasteiger partial charge in [0.25, 0.3) is 5.91 Å². The van der Waals surface area contributed by atoms with E-state index in [1.165, 1.54) is 6.42 Å². The SMILES string of the molecule is CC1CC(C)CC(Nc2nc(C(N)=O)ccc2N)C1. The first-order valence-corrected chi connectivity index (χ1v) is 6.78. The van der Waals surface area contributed by atoms with E-state index >= 15 is 0 Å². The monoisotopic (exact) mass is 262 g/mol. The molecule has 1 heterocycles. The van der Waals surface area contributed by atoms with E-state index in [2.05, 4.69) is 24.1 Å². The summed E-state index contributed by atoms with van der Waals surface area (Å²) in [6.45, 7) is 4.53. The van der Waals surface area contributed by atoms with Gasteiger partial charge in [0.05, 0.1) is 5.69 Å². The lowest BCUT2D eigenvalue weighted by molar-refractivity contribution is 0.0995. The van der Waals surface area contributed by atoms with Crippen molar-refractivity contribution in [2.75, 3.05) is 11.1 Å². The molecule has 1 fully saturated rings. The van der Waals surface area contributed by atoms with Gasteiger partial charge in [-0.3, -0.25) is 4.79 Å².